The lowest BCUT2D eigenvalue weighted by Crippen LogP contribution is -2.23. The highest BCUT2D eigenvalue weighted by Gasteiger charge is 2.30. The van der Waals surface area contributed by atoms with Crippen LogP contribution in [0.3, 0.4) is 0 Å². The molecule has 0 aliphatic carbocycles. The van der Waals surface area contributed by atoms with Gasteiger partial charge in [0.2, 0.25) is 5.91 Å². The van der Waals surface area contributed by atoms with Crippen molar-refractivity contribution in [2.24, 2.45) is 0 Å². The van der Waals surface area contributed by atoms with Crippen molar-refractivity contribution in [1.29, 1.82) is 0 Å². The Morgan fingerprint density at radius 3 is 2.90 bits per heavy atom. The molecular weight excluding hydrogens is 324 g/mol. The number of carbonyl (C=O) groups excluding carboxylic acids is 1. The molecule has 6 heteroatoms. The zero-order chi connectivity index (χ0) is 14.7. The Morgan fingerprint density at radius 1 is 1.50 bits per heavy atom. The van der Waals surface area contributed by atoms with Gasteiger partial charge in [-0.1, -0.05) is 0 Å². The molecule has 0 saturated carbocycles. The van der Waals surface area contributed by atoms with Crippen LogP contribution in [0.2, 0.25) is 0 Å². The molecule has 0 radical (unpaired) electrons. The van der Waals surface area contributed by atoms with Gasteiger partial charge in [0.05, 0.1) is 11.1 Å². The number of amides is 1. The molecule has 1 aliphatic rings. The van der Waals surface area contributed by atoms with Gasteiger partial charge < -0.3 is 20.1 Å². The normalized spacial score (nSPS) is 18.6. The van der Waals surface area contributed by atoms with Crippen molar-refractivity contribution >= 4 is 27.5 Å². The molecule has 2 atom stereocenters. The van der Waals surface area contributed by atoms with Crippen molar-refractivity contribution in [2.75, 3.05) is 25.6 Å². The summed E-state index contributed by atoms with van der Waals surface area (Å²) < 4.78 is 12.0. The lowest BCUT2D eigenvalue weighted by atomic mass is 10.1. The van der Waals surface area contributed by atoms with Crippen molar-refractivity contribution in [3.05, 3.63) is 22.2 Å². The van der Waals surface area contributed by atoms with E-state index in [0.717, 1.165) is 15.7 Å². The zero-order valence-electron chi connectivity index (χ0n) is 11.8. The fourth-order valence-corrected chi connectivity index (χ4v) is 2.63. The molecule has 110 valence electrons. The fourth-order valence-electron chi connectivity index (χ4n) is 2.17. The van der Waals surface area contributed by atoms with Gasteiger partial charge in [0.15, 0.2) is 0 Å². The van der Waals surface area contributed by atoms with E-state index in [1.165, 1.54) is 0 Å². The van der Waals surface area contributed by atoms with Crippen LogP contribution in [0.5, 0.6) is 5.75 Å². The summed E-state index contributed by atoms with van der Waals surface area (Å²) in [4.78, 5) is 11.8. The van der Waals surface area contributed by atoms with Gasteiger partial charge in [-0.05, 0) is 42.9 Å². The summed E-state index contributed by atoms with van der Waals surface area (Å²) in [7, 11) is 1.77. The Labute approximate surface area is 127 Å². The average molecular weight is 343 g/mol. The summed E-state index contributed by atoms with van der Waals surface area (Å²) in [5, 5.41) is 5.84. The van der Waals surface area contributed by atoms with E-state index in [2.05, 4.69) is 26.6 Å². The van der Waals surface area contributed by atoms with Crippen LogP contribution >= 0.6 is 15.9 Å². The molecule has 0 bridgehead atoms. The molecule has 1 aliphatic heterocycles. The second-order valence-electron chi connectivity index (χ2n) is 4.67. The third-order valence-electron chi connectivity index (χ3n) is 3.11. The average Bonchev–Trinajstić information content (AvgIpc) is 2.71. The Balaban J connectivity index is 2.17. The van der Waals surface area contributed by atoms with Crippen LogP contribution in [0.15, 0.2) is 16.6 Å². The van der Waals surface area contributed by atoms with Crippen molar-refractivity contribution in [2.45, 2.75) is 26.0 Å². The van der Waals surface area contributed by atoms with E-state index in [9.17, 15) is 4.79 Å². The first-order valence-electron chi connectivity index (χ1n) is 6.62. The second kappa shape index (κ2) is 6.56. The van der Waals surface area contributed by atoms with Crippen LogP contribution < -0.4 is 15.4 Å². The number of nitrogens with one attached hydrogen (secondary N) is 2. The Bertz CT molecular complexity index is 507. The largest absolute Gasteiger partial charge is 0.487 e. The summed E-state index contributed by atoms with van der Waals surface area (Å²) in [5.41, 5.74) is 1.71. The van der Waals surface area contributed by atoms with Crippen molar-refractivity contribution in [3.8, 4) is 5.75 Å². The van der Waals surface area contributed by atoms with Gasteiger partial charge in [-0.3, -0.25) is 4.79 Å². The van der Waals surface area contributed by atoms with E-state index in [1.807, 2.05) is 26.0 Å². The number of hydrogen-bond donors (Lipinski definition) is 2. The first-order valence-corrected chi connectivity index (χ1v) is 7.42. The number of hydrogen-bond acceptors (Lipinski definition) is 4. The predicted molar refractivity (Wildman–Crippen MR) is 81.2 cm³/mol. The quantitative estimate of drug-likeness (QED) is 0.833. The molecule has 1 amide bonds. The molecule has 1 aromatic carbocycles. The highest BCUT2D eigenvalue weighted by atomic mass is 79.9. The number of ether oxygens (including phenoxy) is 2. The van der Waals surface area contributed by atoms with Gasteiger partial charge in [-0.2, -0.15) is 0 Å². The van der Waals surface area contributed by atoms with Crippen molar-refractivity contribution in [1.82, 2.24) is 5.32 Å². The lowest BCUT2D eigenvalue weighted by molar-refractivity contribution is -0.117. The molecular formula is C14H19BrN2O3. The van der Waals surface area contributed by atoms with Crippen molar-refractivity contribution < 1.29 is 14.3 Å². The minimum absolute atomic E-state index is 0.0473. The molecule has 2 N–H and O–H groups in total. The van der Waals surface area contributed by atoms with Gasteiger partial charge in [0.1, 0.15) is 17.9 Å². The number of fused-ring (bicyclic) bond motifs is 1. The van der Waals surface area contributed by atoms with Gasteiger partial charge in [-0.15, -0.1) is 0 Å². The molecule has 1 aromatic rings. The van der Waals surface area contributed by atoms with Crippen LogP contribution in [0, 0.1) is 0 Å². The Morgan fingerprint density at radius 2 is 2.25 bits per heavy atom. The maximum Gasteiger partial charge on any atom is 0.246 e. The molecule has 0 spiro atoms. The second-order valence-corrected chi connectivity index (χ2v) is 5.52. The monoisotopic (exact) mass is 342 g/mol. The van der Waals surface area contributed by atoms with Gasteiger partial charge in [0.25, 0.3) is 0 Å². The topological polar surface area (TPSA) is 59.6 Å². The Hall–Kier alpha value is -1.11. The van der Waals surface area contributed by atoms with E-state index >= 15 is 0 Å². The number of rotatable bonds is 6. The summed E-state index contributed by atoms with van der Waals surface area (Å²) >= 11 is 3.49. The lowest BCUT2D eigenvalue weighted by Gasteiger charge is -2.17. The number of anilines is 1. The van der Waals surface area contributed by atoms with Gasteiger partial charge in [0, 0.05) is 23.9 Å². The Kier molecular flexibility index (Phi) is 5.01. The molecule has 2 rings (SSSR count). The summed E-state index contributed by atoms with van der Waals surface area (Å²) in [6, 6.07) is 3.45. The predicted octanol–water partition coefficient (Wildman–Crippen LogP) is 2.47. The van der Waals surface area contributed by atoms with Gasteiger partial charge >= 0.3 is 0 Å². The minimum Gasteiger partial charge on any atom is -0.487 e. The maximum absolute atomic E-state index is 11.8. The van der Waals surface area contributed by atoms with Crippen LogP contribution in [0.1, 0.15) is 25.5 Å². The van der Waals surface area contributed by atoms with E-state index < -0.39 is 0 Å². The minimum atomic E-state index is -0.309. The third kappa shape index (κ3) is 3.13. The van der Waals surface area contributed by atoms with Gasteiger partial charge in [-0.25, -0.2) is 0 Å². The van der Waals surface area contributed by atoms with Crippen LogP contribution in [-0.4, -0.2) is 32.3 Å². The van der Waals surface area contributed by atoms with Crippen LogP contribution in [-0.2, 0) is 9.53 Å². The number of halogens is 1. The first-order chi connectivity index (χ1) is 9.56. The molecule has 0 fully saturated rings. The standard InChI is InChI=1S/C14H19BrN2O3/c1-4-19-7-8(2)20-12-6-11-9(5-10(12)15)13(16-3)14(18)17-11/h5-6,8,13,16H,4,7H2,1-3H3,(H,17,18). The maximum atomic E-state index is 11.8. The highest BCUT2D eigenvalue weighted by Crippen LogP contribution is 2.38. The third-order valence-corrected chi connectivity index (χ3v) is 3.73. The SMILES string of the molecule is CCOCC(C)Oc1cc2c(cc1Br)C(NC)C(=O)N2. The van der Waals surface area contributed by atoms with E-state index in [0.29, 0.717) is 19.0 Å². The molecule has 0 aromatic heterocycles. The first kappa shape index (κ1) is 15.3. The van der Waals surface area contributed by atoms with E-state index in [-0.39, 0.29) is 18.1 Å². The summed E-state index contributed by atoms with van der Waals surface area (Å²) in [6.45, 7) is 5.10. The number of benzene rings is 1. The highest BCUT2D eigenvalue weighted by molar-refractivity contribution is 9.10. The van der Waals surface area contributed by atoms with E-state index in [4.69, 9.17) is 9.47 Å². The zero-order valence-corrected chi connectivity index (χ0v) is 13.4. The van der Waals surface area contributed by atoms with Crippen LogP contribution in [0.25, 0.3) is 0 Å². The molecule has 5 nitrogen and oxygen atoms in total. The molecule has 0 saturated heterocycles. The van der Waals surface area contributed by atoms with Crippen molar-refractivity contribution in [3.63, 3.8) is 0 Å². The smallest absolute Gasteiger partial charge is 0.246 e. The fraction of sp³-hybridized carbons (Fsp3) is 0.500. The van der Waals surface area contributed by atoms with E-state index in [1.54, 1.807) is 7.05 Å². The molecule has 20 heavy (non-hydrogen) atoms. The number of carbonyl (C=O) groups is 1. The summed E-state index contributed by atoms with van der Waals surface area (Å²) in [6.07, 6.45) is -0.0542. The molecule has 1 heterocycles. The van der Waals surface area contributed by atoms with Crippen LogP contribution in [0.4, 0.5) is 5.69 Å². The molecule has 2 unspecified atom stereocenters. The number of likely N-dealkylation sites (N-methyl/N-ethyl adjacent to an activating group) is 1. The summed E-state index contributed by atoms with van der Waals surface area (Å²) in [5.74, 6) is 0.655.